The summed E-state index contributed by atoms with van der Waals surface area (Å²) >= 11 is 0. The van der Waals surface area contributed by atoms with Crippen LogP contribution in [0.5, 0.6) is 0 Å². The van der Waals surface area contributed by atoms with Gasteiger partial charge in [0.25, 0.3) is 0 Å². The fourth-order valence-electron chi connectivity index (χ4n) is 8.40. The van der Waals surface area contributed by atoms with Crippen molar-refractivity contribution in [2.75, 3.05) is 33.0 Å². The summed E-state index contributed by atoms with van der Waals surface area (Å²) in [5.74, 6) is -0.376. The van der Waals surface area contributed by atoms with Crippen LogP contribution in [0, 0.1) is 0 Å². The Kier molecular flexibility index (Phi) is 35.1. The summed E-state index contributed by atoms with van der Waals surface area (Å²) in [5, 5.41) is 71.9. The second-order valence-electron chi connectivity index (χ2n) is 18.4. The van der Waals surface area contributed by atoms with Gasteiger partial charge in [0.05, 0.1) is 26.4 Å². The summed E-state index contributed by atoms with van der Waals surface area (Å²) in [4.78, 5) is 12.9. The van der Waals surface area contributed by atoms with Gasteiger partial charge in [-0.2, -0.15) is 0 Å². The maximum atomic E-state index is 12.9. The Morgan fingerprint density at radius 2 is 0.841 bits per heavy atom. The molecule has 2 saturated heterocycles. The van der Waals surface area contributed by atoms with E-state index in [1.165, 1.54) is 141 Å². The molecule has 0 aromatic carbocycles. The number of hydrogen-bond acceptors (Lipinski definition) is 14. The van der Waals surface area contributed by atoms with Crippen molar-refractivity contribution in [3.63, 3.8) is 0 Å². The van der Waals surface area contributed by atoms with E-state index in [-0.39, 0.29) is 25.6 Å². The van der Waals surface area contributed by atoms with E-state index in [0.717, 1.165) is 38.5 Å². The molecule has 63 heavy (non-hydrogen) atoms. The normalized spacial score (nSPS) is 26.9. The molecule has 2 rings (SSSR count). The Balaban J connectivity index is 1.69. The maximum absolute atomic E-state index is 12.9. The molecule has 14 heteroatoms. The van der Waals surface area contributed by atoms with Crippen molar-refractivity contribution in [3.05, 3.63) is 0 Å². The maximum Gasteiger partial charge on any atom is 0.306 e. The molecule has 0 saturated carbocycles. The molecular weight excluding hydrogens is 813 g/mol. The van der Waals surface area contributed by atoms with Crippen LogP contribution in [0.4, 0.5) is 0 Å². The van der Waals surface area contributed by atoms with E-state index in [9.17, 15) is 40.5 Å². The number of carbonyl (C=O) groups excluding carboxylic acids is 1. The number of ether oxygens (including phenoxy) is 6. The Morgan fingerprint density at radius 1 is 0.460 bits per heavy atom. The highest BCUT2D eigenvalue weighted by Gasteiger charge is 2.47. The van der Waals surface area contributed by atoms with Gasteiger partial charge in [0.1, 0.15) is 54.9 Å². The van der Waals surface area contributed by atoms with Gasteiger partial charge in [0, 0.05) is 13.0 Å². The third-order valence-corrected chi connectivity index (χ3v) is 12.6. The summed E-state index contributed by atoms with van der Waals surface area (Å²) in [6.07, 6.45) is 20.5. The lowest BCUT2D eigenvalue weighted by molar-refractivity contribution is -0.332. The van der Waals surface area contributed by atoms with Gasteiger partial charge in [0.15, 0.2) is 12.6 Å². The second-order valence-corrected chi connectivity index (χ2v) is 18.4. The first kappa shape index (κ1) is 58.1. The molecule has 0 aromatic heterocycles. The van der Waals surface area contributed by atoms with Crippen molar-refractivity contribution in [2.45, 2.75) is 274 Å². The highest BCUT2D eigenvalue weighted by atomic mass is 16.7. The van der Waals surface area contributed by atoms with Crippen molar-refractivity contribution < 1.29 is 69.0 Å². The molecule has 11 atom stereocenters. The smallest absolute Gasteiger partial charge is 0.306 e. The average molecular weight is 907 g/mol. The van der Waals surface area contributed by atoms with Gasteiger partial charge in [-0.1, -0.05) is 187 Å². The number of aliphatic hydroxyl groups is 7. The molecule has 0 aromatic rings. The molecule has 0 radical (unpaired) electrons. The van der Waals surface area contributed by atoms with Crippen LogP contribution in [-0.2, 0) is 33.2 Å². The molecule has 0 amide bonds. The second kappa shape index (κ2) is 38.0. The van der Waals surface area contributed by atoms with E-state index in [2.05, 4.69) is 13.8 Å². The Labute approximate surface area is 381 Å². The fourth-order valence-corrected chi connectivity index (χ4v) is 8.40. The minimum atomic E-state index is -1.70. The van der Waals surface area contributed by atoms with E-state index < -0.39 is 80.7 Å². The predicted octanol–water partition coefficient (Wildman–Crippen LogP) is 7.30. The topological polar surface area (TPSA) is 214 Å². The van der Waals surface area contributed by atoms with Gasteiger partial charge in [0.2, 0.25) is 0 Å². The minimum Gasteiger partial charge on any atom is -0.457 e. The fraction of sp³-hybridized carbons (Fsp3) is 0.980. The predicted molar refractivity (Wildman–Crippen MR) is 243 cm³/mol. The van der Waals surface area contributed by atoms with Crippen LogP contribution in [0.3, 0.4) is 0 Å². The Hall–Kier alpha value is -1.01. The van der Waals surface area contributed by atoms with Gasteiger partial charge >= 0.3 is 5.97 Å². The largest absolute Gasteiger partial charge is 0.457 e. The quantitative estimate of drug-likeness (QED) is 0.0237. The molecule has 2 fully saturated rings. The van der Waals surface area contributed by atoms with Crippen LogP contribution in [0.2, 0.25) is 0 Å². The van der Waals surface area contributed by atoms with E-state index in [1.54, 1.807) is 0 Å². The first-order valence-corrected chi connectivity index (χ1v) is 25.6. The lowest BCUT2D eigenvalue weighted by Gasteiger charge is -2.42. The number of esters is 1. The van der Waals surface area contributed by atoms with Gasteiger partial charge in [-0.25, -0.2) is 0 Å². The van der Waals surface area contributed by atoms with Crippen LogP contribution < -0.4 is 0 Å². The molecule has 2 aliphatic heterocycles. The molecule has 11 unspecified atom stereocenters. The van der Waals surface area contributed by atoms with Gasteiger partial charge < -0.3 is 64.2 Å². The summed E-state index contributed by atoms with van der Waals surface area (Å²) in [5.41, 5.74) is 0. The summed E-state index contributed by atoms with van der Waals surface area (Å²) in [7, 11) is 0. The third-order valence-electron chi connectivity index (χ3n) is 12.6. The standard InChI is InChI=1S/C49H94O14/c1-3-5-7-9-11-13-14-15-16-17-18-19-20-21-22-23-24-25-27-29-31-33-58-35-38(61-41(51)32-30-28-26-12-10-8-6-4-2)36-59-48-47(57)45(55)43(53)40(63-48)37-60-49-46(56)44(54)42(52)39(34-50)62-49/h38-40,42-50,52-57H,3-37H2,1-2H3. The molecule has 14 nitrogen and oxygen atoms in total. The number of carbonyl (C=O) groups is 1. The summed E-state index contributed by atoms with van der Waals surface area (Å²) < 4.78 is 34.2. The summed E-state index contributed by atoms with van der Waals surface area (Å²) in [6, 6.07) is 0. The number of rotatable bonds is 41. The molecule has 0 aliphatic carbocycles. The van der Waals surface area contributed by atoms with E-state index in [4.69, 9.17) is 28.4 Å². The highest BCUT2D eigenvalue weighted by molar-refractivity contribution is 5.69. The zero-order chi connectivity index (χ0) is 45.9. The zero-order valence-electron chi connectivity index (χ0n) is 39.6. The lowest BCUT2D eigenvalue weighted by atomic mass is 9.98. The molecular formula is C49H94O14. The molecule has 2 heterocycles. The number of aliphatic hydroxyl groups excluding tert-OH is 7. The Bertz CT molecular complexity index is 1050. The van der Waals surface area contributed by atoms with Crippen molar-refractivity contribution in [3.8, 4) is 0 Å². The van der Waals surface area contributed by atoms with E-state index >= 15 is 0 Å². The van der Waals surface area contributed by atoms with Crippen LogP contribution in [0.15, 0.2) is 0 Å². The summed E-state index contributed by atoms with van der Waals surface area (Å²) in [6.45, 7) is 3.69. The van der Waals surface area contributed by atoms with Gasteiger partial charge in [-0.05, 0) is 12.8 Å². The molecule has 2 aliphatic rings. The number of hydrogen-bond donors (Lipinski definition) is 7. The zero-order valence-corrected chi connectivity index (χ0v) is 39.6. The van der Waals surface area contributed by atoms with Crippen molar-refractivity contribution in [1.29, 1.82) is 0 Å². The minimum absolute atomic E-state index is 0.0694. The first-order valence-electron chi connectivity index (χ1n) is 25.6. The van der Waals surface area contributed by atoms with Crippen LogP contribution in [0.25, 0.3) is 0 Å². The SMILES string of the molecule is CCCCCCCCCCCCCCCCCCCCCCCOCC(COC1OC(COC2OC(CO)C(O)C(O)C2O)C(O)C(O)C1O)OC(=O)CCCCCCCCCC. The third kappa shape index (κ3) is 26.2. The van der Waals surface area contributed by atoms with Crippen LogP contribution in [-0.4, -0.2) is 142 Å². The first-order chi connectivity index (χ1) is 30.6. The van der Waals surface area contributed by atoms with Crippen molar-refractivity contribution >= 4 is 5.97 Å². The molecule has 0 spiro atoms. The monoisotopic (exact) mass is 907 g/mol. The van der Waals surface area contributed by atoms with Crippen LogP contribution >= 0.6 is 0 Å². The average Bonchev–Trinajstić information content (AvgIpc) is 3.28. The highest BCUT2D eigenvalue weighted by Crippen LogP contribution is 2.26. The van der Waals surface area contributed by atoms with Gasteiger partial charge in [-0.3, -0.25) is 4.79 Å². The van der Waals surface area contributed by atoms with Gasteiger partial charge in [-0.15, -0.1) is 0 Å². The molecule has 0 bridgehead atoms. The lowest BCUT2D eigenvalue weighted by Crippen LogP contribution is -2.61. The Morgan fingerprint density at radius 3 is 1.29 bits per heavy atom. The van der Waals surface area contributed by atoms with E-state index in [1.807, 2.05) is 0 Å². The molecule has 7 N–H and O–H groups in total. The van der Waals surface area contributed by atoms with Crippen LogP contribution in [0.1, 0.15) is 206 Å². The van der Waals surface area contributed by atoms with E-state index in [0.29, 0.717) is 13.0 Å². The van der Waals surface area contributed by atoms with Crippen molar-refractivity contribution in [2.24, 2.45) is 0 Å². The molecule has 374 valence electrons. The number of unbranched alkanes of at least 4 members (excludes halogenated alkanes) is 27. The van der Waals surface area contributed by atoms with Crippen molar-refractivity contribution in [1.82, 2.24) is 0 Å².